The van der Waals surface area contributed by atoms with Crippen LogP contribution < -0.4 is 9.64 Å². The minimum absolute atomic E-state index is 0.125. The average Bonchev–Trinajstić information content (AvgIpc) is 2.73. The van der Waals surface area contributed by atoms with Crippen molar-refractivity contribution in [2.24, 2.45) is 0 Å². The summed E-state index contributed by atoms with van der Waals surface area (Å²) in [5.41, 5.74) is 2.52. The van der Waals surface area contributed by atoms with E-state index in [0.717, 1.165) is 25.1 Å². The van der Waals surface area contributed by atoms with E-state index in [2.05, 4.69) is 36.9 Å². The molecule has 28 heavy (non-hydrogen) atoms. The number of rotatable bonds is 11. The van der Waals surface area contributed by atoms with E-state index in [-0.39, 0.29) is 12.0 Å². The third-order valence-corrected chi connectivity index (χ3v) is 6.05. The van der Waals surface area contributed by atoms with Gasteiger partial charge in [0.2, 0.25) is 0 Å². The number of unbranched alkanes of at least 4 members (excludes halogenated alkanes) is 4. The second-order valence-electron chi connectivity index (χ2n) is 8.19. The number of ether oxygens (including phenoxy) is 2. The predicted octanol–water partition coefficient (Wildman–Crippen LogP) is 6.08. The van der Waals surface area contributed by atoms with Crippen molar-refractivity contribution in [1.29, 1.82) is 0 Å². The number of methoxy groups -OCH3 is 2. The van der Waals surface area contributed by atoms with Crippen LogP contribution in [0.15, 0.2) is 18.2 Å². The molecule has 2 unspecified atom stereocenters. The van der Waals surface area contributed by atoms with Gasteiger partial charge in [-0.2, -0.15) is 0 Å². The van der Waals surface area contributed by atoms with Gasteiger partial charge in [0, 0.05) is 24.3 Å². The third-order valence-electron chi connectivity index (χ3n) is 6.05. The van der Waals surface area contributed by atoms with Gasteiger partial charge in [-0.05, 0) is 49.3 Å². The zero-order valence-corrected chi connectivity index (χ0v) is 18.3. The van der Waals surface area contributed by atoms with Crippen LogP contribution >= 0.6 is 0 Å². The van der Waals surface area contributed by atoms with Crippen LogP contribution in [-0.4, -0.2) is 32.8 Å². The van der Waals surface area contributed by atoms with Crippen molar-refractivity contribution in [1.82, 2.24) is 0 Å². The summed E-state index contributed by atoms with van der Waals surface area (Å²) in [6.07, 6.45) is 11.6. The van der Waals surface area contributed by atoms with E-state index in [9.17, 15) is 4.79 Å². The minimum atomic E-state index is -0.125. The van der Waals surface area contributed by atoms with Gasteiger partial charge >= 0.3 is 5.97 Å². The van der Waals surface area contributed by atoms with E-state index >= 15 is 0 Å². The first-order valence-electron chi connectivity index (χ1n) is 11.1. The van der Waals surface area contributed by atoms with Crippen molar-refractivity contribution in [3.05, 3.63) is 23.8 Å². The Bertz CT molecular complexity index is 602. The Morgan fingerprint density at radius 1 is 1.14 bits per heavy atom. The van der Waals surface area contributed by atoms with Crippen LogP contribution in [0.3, 0.4) is 0 Å². The smallest absolute Gasteiger partial charge is 0.307 e. The van der Waals surface area contributed by atoms with Crippen LogP contribution in [0.25, 0.3) is 0 Å². The van der Waals surface area contributed by atoms with Gasteiger partial charge in [-0.3, -0.25) is 4.79 Å². The number of carbonyl (C=O) groups is 1. The monoisotopic (exact) mass is 389 g/mol. The van der Waals surface area contributed by atoms with Gasteiger partial charge < -0.3 is 14.4 Å². The molecule has 1 aliphatic rings. The minimum Gasteiger partial charge on any atom is -0.497 e. The molecule has 0 radical (unpaired) electrons. The Labute approximate surface area is 171 Å². The summed E-state index contributed by atoms with van der Waals surface area (Å²) < 4.78 is 10.5. The lowest BCUT2D eigenvalue weighted by molar-refractivity contribution is -0.141. The summed E-state index contributed by atoms with van der Waals surface area (Å²) in [5.74, 6) is 1.30. The van der Waals surface area contributed by atoms with Gasteiger partial charge in [-0.25, -0.2) is 0 Å². The van der Waals surface area contributed by atoms with Gasteiger partial charge in [0.05, 0.1) is 20.6 Å². The summed E-state index contributed by atoms with van der Waals surface area (Å²) in [6, 6.07) is 6.83. The molecule has 0 N–H and O–H groups in total. The van der Waals surface area contributed by atoms with Gasteiger partial charge in [0.25, 0.3) is 0 Å². The fourth-order valence-corrected chi connectivity index (χ4v) is 4.22. The van der Waals surface area contributed by atoms with E-state index < -0.39 is 0 Å². The van der Waals surface area contributed by atoms with Gasteiger partial charge in [-0.15, -0.1) is 0 Å². The maximum Gasteiger partial charge on any atom is 0.307 e. The molecule has 0 bridgehead atoms. The molecule has 1 fully saturated rings. The molecule has 0 amide bonds. The number of benzene rings is 1. The maximum absolute atomic E-state index is 11.9. The lowest BCUT2D eigenvalue weighted by Crippen LogP contribution is -2.41. The number of esters is 1. The number of hydrogen-bond donors (Lipinski definition) is 0. The average molecular weight is 390 g/mol. The Morgan fingerprint density at radius 2 is 1.93 bits per heavy atom. The summed E-state index contributed by atoms with van der Waals surface area (Å²) in [5, 5.41) is 0. The van der Waals surface area contributed by atoms with Gasteiger partial charge in [0.1, 0.15) is 5.75 Å². The van der Waals surface area contributed by atoms with Crippen LogP contribution in [-0.2, 0) is 9.53 Å². The van der Waals surface area contributed by atoms with Gasteiger partial charge in [-0.1, -0.05) is 46.0 Å². The van der Waals surface area contributed by atoms with Crippen molar-refractivity contribution in [2.45, 2.75) is 90.0 Å². The highest BCUT2D eigenvalue weighted by molar-refractivity contribution is 5.71. The first kappa shape index (κ1) is 22.6. The Hall–Kier alpha value is -1.71. The first-order valence-corrected chi connectivity index (χ1v) is 11.1. The highest BCUT2D eigenvalue weighted by atomic mass is 16.5. The molecule has 1 aromatic rings. The summed E-state index contributed by atoms with van der Waals surface area (Å²) in [4.78, 5) is 14.3. The van der Waals surface area contributed by atoms with Crippen LogP contribution in [0.1, 0.15) is 89.5 Å². The molecule has 4 heteroatoms. The molecule has 4 nitrogen and oxygen atoms in total. The normalized spacial score (nSPS) is 18.0. The fraction of sp³-hybridized carbons (Fsp3) is 0.708. The lowest BCUT2D eigenvalue weighted by atomic mass is 9.92. The van der Waals surface area contributed by atoms with E-state index in [1.807, 2.05) is 0 Å². The Kier molecular flexibility index (Phi) is 9.66. The van der Waals surface area contributed by atoms with Crippen LogP contribution in [0.5, 0.6) is 5.75 Å². The first-order chi connectivity index (χ1) is 13.6. The molecule has 1 saturated heterocycles. The van der Waals surface area contributed by atoms with Crippen molar-refractivity contribution >= 4 is 11.7 Å². The maximum atomic E-state index is 11.9. The highest BCUT2D eigenvalue weighted by Gasteiger charge is 2.26. The van der Waals surface area contributed by atoms with Gasteiger partial charge in [0.15, 0.2) is 0 Å². The Balaban J connectivity index is 2.12. The molecule has 158 valence electrons. The van der Waals surface area contributed by atoms with Crippen molar-refractivity contribution in [2.75, 3.05) is 25.7 Å². The van der Waals surface area contributed by atoms with E-state index in [1.165, 1.54) is 63.3 Å². The molecule has 2 rings (SSSR count). The zero-order chi connectivity index (χ0) is 20.4. The second kappa shape index (κ2) is 12.0. The number of nitrogens with zero attached hydrogens (tertiary/aromatic N) is 1. The second-order valence-corrected chi connectivity index (χ2v) is 8.19. The molecule has 1 heterocycles. The zero-order valence-electron chi connectivity index (χ0n) is 18.3. The number of carbonyl (C=O) groups excluding carboxylic acids is 1. The molecule has 0 aromatic heterocycles. The number of anilines is 1. The predicted molar refractivity (Wildman–Crippen MR) is 116 cm³/mol. The molecule has 2 atom stereocenters. The largest absolute Gasteiger partial charge is 0.497 e. The van der Waals surface area contributed by atoms with Crippen molar-refractivity contribution < 1.29 is 14.3 Å². The number of hydrogen-bond acceptors (Lipinski definition) is 4. The van der Waals surface area contributed by atoms with E-state index in [1.54, 1.807) is 7.11 Å². The molecular formula is C24H39NO3. The van der Waals surface area contributed by atoms with Crippen LogP contribution in [0, 0.1) is 0 Å². The fourth-order valence-electron chi connectivity index (χ4n) is 4.22. The SMILES string of the molecule is CCCCCCCC(C)c1cc(OC)cc(N2CCCCC2CC(=O)OC)c1. The molecule has 0 saturated carbocycles. The van der Waals surface area contributed by atoms with E-state index in [4.69, 9.17) is 9.47 Å². The topological polar surface area (TPSA) is 38.8 Å². The number of piperidine rings is 1. The van der Waals surface area contributed by atoms with Crippen LogP contribution in [0.4, 0.5) is 5.69 Å². The molecule has 0 spiro atoms. The third kappa shape index (κ3) is 6.72. The molecule has 0 aliphatic carbocycles. The molecule has 1 aromatic carbocycles. The molecule has 1 aliphatic heterocycles. The molecular weight excluding hydrogens is 350 g/mol. The summed E-state index contributed by atoms with van der Waals surface area (Å²) in [7, 11) is 3.21. The Morgan fingerprint density at radius 3 is 2.64 bits per heavy atom. The summed E-state index contributed by atoms with van der Waals surface area (Å²) in [6.45, 7) is 5.56. The standard InChI is InChI=1S/C24H39NO3/c1-5-6-7-8-9-12-19(2)20-15-22(17-23(16-20)27-3)25-14-11-10-13-21(25)18-24(26)28-4/h15-17,19,21H,5-14,18H2,1-4H3. The van der Waals surface area contributed by atoms with Crippen molar-refractivity contribution in [3.8, 4) is 5.75 Å². The van der Waals surface area contributed by atoms with Crippen molar-refractivity contribution in [3.63, 3.8) is 0 Å². The van der Waals surface area contributed by atoms with Crippen LogP contribution in [0.2, 0.25) is 0 Å². The quantitative estimate of drug-likeness (QED) is 0.339. The highest BCUT2D eigenvalue weighted by Crippen LogP contribution is 2.34. The lowest BCUT2D eigenvalue weighted by Gasteiger charge is -2.37. The summed E-state index contributed by atoms with van der Waals surface area (Å²) >= 11 is 0. The van der Waals surface area contributed by atoms with E-state index in [0.29, 0.717) is 12.3 Å².